The summed E-state index contributed by atoms with van der Waals surface area (Å²) in [5.74, 6) is 1.17. The van der Waals surface area contributed by atoms with Crippen LogP contribution in [0, 0.1) is 6.92 Å². The van der Waals surface area contributed by atoms with Crippen molar-refractivity contribution in [2.75, 3.05) is 18.8 Å². The Morgan fingerprint density at radius 1 is 1.19 bits per heavy atom. The van der Waals surface area contributed by atoms with Gasteiger partial charge in [-0.15, -0.1) is 11.8 Å². The molecule has 0 aromatic heterocycles. The van der Waals surface area contributed by atoms with Crippen LogP contribution in [0.2, 0.25) is 5.02 Å². The number of rotatable bonds is 6. The zero-order chi connectivity index (χ0) is 18.8. The van der Waals surface area contributed by atoms with Crippen LogP contribution in [0.15, 0.2) is 48.5 Å². The molecule has 0 bridgehead atoms. The monoisotopic (exact) mass is 400 g/mol. The van der Waals surface area contributed by atoms with E-state index in [1.54, 1.807) is 11.8 Å². The van der Waals surface area contributed by atoms with E-state index in [0.29, 0.717) is 12.6 Å². The summed E-state index contributed by atoms with van der Waals surface area (Å²) in [6.07, 6.45) is 2.39. The lowest BCUT2D eigenvalue weighted by molar-refractivity contribution is -0.132. The van der Waals surface area contributed by atoms with Crippen LogP contribution in [0.1, 0.15) is 34.9 Å². The zero-order valence-corrected chi connectivity index (χ0v) is 17.2. The molecule has 0 spiro atoms. The fraction of sp³-hybridized carbons (Fsp3) is 0.409. The number of hydrogen-bond donors (Lipinski definition) is 0. The van der Waals surface area contributed by atoms with Crippen molar-refractivity contribution in [3.8, 4) is 0 Å². The van der Waals surface area contributed by atoms with Crippen LogP contribution in [0.3, 0.4) is 0 Å². The fourth-order valence-electron chi connectivity index (χ4n) is 3.60. The Hall–Kier alpha value is -1.49. The van der Waals surface area contributed by atoms with Crippen molar-refractivity contribution in [2.45, 2.75) is 37.7 Å². The lowest BCUT2D eigenvalue weighted by Gasteiger charge is -2.29. The molecule has 2 fully saturated rings. The molecule has 0 N–H and O–H groups in total. The molecule has 1 saturated heterocycles. The maximum atomic E-state index is 13.2. The second-order valence-electron chi connectivity index (χ2n) is 7.45. The third-order valence-electron chi connectivity index (χ3n) is 5.29. The summed E-state index contributed by atoms with van der Waals surface area (Å²) in [5, 5.41) is 0.778. The van der Waals surface area contributed by atoms with Gasteiger partial charge in [-0.05, 0) is 31.4 Å². The van der Waals surface area contributed by atoms with E-state index in [4.69, 9.17) is 11.6 Å². The highest BCUT2D eigenvalue weighted by atomic mass is 35.5. The van der Waals surface area contributed by atoms with Gasteiger partial charge in [0.25, 0.3) is 0 Å². The van der Waals surface area contributed by atoms with E-state index in [1.165, 1.54) is 24.0 Å². The van der Waals surface area contributed by atoms with Gasteiger partial charge in [0.15, 0.2) is 0 Å². The summed E-state index contributed by atoms with van der Waals surface area (Å²) in [4.78, 5) is 17.5. The number of benzene rings is 2. The number of carbonyl (C=O) groups excluding carboxylic acids is 1. The largest absolute Gasteiger partial charge is 0.325 e. The van der Waals surface area contributed by atoms with E-state index in [0.717, 1.165) is 29.4 Å². The smallest absolute Gasteiger partial charge is 0.237 e. The second kappa shape index (κ2) is 8.26. The summed E-state index contributed by atoms with van der Waals surface area (Å²) in [6.45, 7) is 4.22. The molecule has 2 aromatic rings. The Labute approximate surface area is 170 Å². The molecule has 1 aliphatic heterocycles. The van der Waals surface area contributed by atoms with Gasteiger partial charge in [-0.25, -0.2) is 0 Å². The molecule has 1 amide bonds. The Balaban J connectivity index is 1.46. The van der Waals surface area contributed by atoms with Crippen molar-refractivity contribution in [1.29, 1.82) is 0 Å². The van der Waals surface area contributed by atoms with E-state index >= 15 is 0 Å². The second-order valence-corrected chi connectivity index (χ2v) is 9.05. The Kier molecular flexibility index (Phi) is 5.76. The summed E-state index contributed by atoms with van der Waals surface area (Å²) in [5.41, 5.74) is 3.59. The number of thioether (sulfide) groups is 1. The molecule has 5 heteroatoms. The lowest BCUT2D eigenvalue weighted by atomic mass is 10.1. The number of carbonyl (C=O) groups is 1. The summed E-state index contributed by atoms with van der Waals surface area (Å²) < 4.78 is 0. The molecule has 2 aromatic carbocycles. The van der Waals surface area contributed by atoms with E-state index in [-0.39, 0.29) is 11.3 Å². The number of amides is 1. The molecule has 0 radical (unpaired) electrons. The van der Waals surface area contributed by atoms with Gasteiger partial charge in [-0.3, -0.25) is 9.69 Å². The third-order valence-corrected chi connectivity index (χ3v) is 6.88. The summed E-state index contributed by atoms with van der Waals surface area (Å²) in [7, 11) is 0. The zero-order valence-electron chi connectivity index (χ0n) is 15.6. The third kappa shape index (κ3) is 4.50. The molecule has 1 atom stereocenters. The van der Waals surface area contributed by atoms with E-state index in [2.05, 4.69) is 36.1 Å². The molecule has 1 saturated carbocycles. The normalized spacial score (nSPS) is 19.7. The minimum absolute atomic E-state index is 0.0339. The van der Waals surface area contributed by atoms with Crippen molar-refractivity contribution in [1.82, 2.24) is 9.80 Å². The molecule has 142 valence electrons. The molecule has 2 aliphatic rings. The highest BCUT2D eigenvalue weighted by Gasteiger charge is 2.35. The molecular weight excluding hydrogens is 376 g/mol. The number of hydrogen-bond acceptors (Lipinski definition) is 3. The van der Waals surface area contributed by atoms with Crippen molar-refractivity contribution in [3.05, 3.63) is 70.2 Å². The quantitative estimate of drug-likeness (QED) is 0.689. The highest BCUT2D eigenvalue weighted by Crippen LogP contribution is 2.41. The highest BCUT2D eigenvalue weighted by molar-refractivity contribution is 7.99. The van der Waals surface area contributed by atoms with Gasteiger partial charge >= 0.3 is 0 Å². The fourth-order valence-corrected chi connectivity index (χ4v) is 5.22. The van der Waals surface area contributed by atoms with Crippen LogP contribution in [0.5, 0.6) is 0 Å². The van der Waals surface area contributed by atoms with E-state index in [9.17, 15) is 4.79 Å². The predicted octanol–water partition coefficient (Wildman–Crippen LogP) is 4.89. The number of nitrogens with zero attached hydrogens (tertiary/aromatic N) is 2. The Morgan fingerprint density at radius 3 is 2.63 bits per heavy atom. The summed E-state index contributed by atoms with van der Waals surface area (Å²) >= 11 is 8.20. The molecule has 1 heterocycles. The standard InChI is InChI=1S/C22H25ClN2OS/c1-16-6-8-17(9-7-16)14-24(18-10-11-18)15-21(26)25-12-13-27-22(25)19-4-2-3-5-20(19)23/h2-9,18,22H,10-15H2,1H3/t22-/m1/s1. The molecular formula is C22H25ClN2OS. The van der Waals surface area contributed by atoms with Crippen LogP contribution < -0.4 is 0 Å². The predicted molar refractivity (Wildman–Crippen MR) is 113 cm³/mol. The minimum Gasteiger partial charge on any atom is -0.325 e. The van der Waals surface area contributed by atoms with Crippen molar-refractivity contribution in [2.24, 2.45) is 0 Å². The minimum atomic E-state index is 0.0339. The van der Waals surface area contributed by atoms with Crippen LogP contribution in [-0.4, -0.2) is 40.6 Å². The van der Waals surface area contributed by atoms with E-state index < -0.39 is 0 Å². The van der Waals surface area contributed by atoms with Crippen molar-refractivity contribution < 1.29 is 4.79 Å². The topological polar surface area (TPSA) is 23.6 Å². The SMILES string of the molecule is Cc1ccc(CN(CC(=O)N2CCS[C@@H]2c2ccccc2Cl)C2CC2)cc1. The maximum Gasteiger partial charge on any atom is 0.237 e. The van der Waals surface area contributed by atoms with Gasteiger partial charge < -0.3 is 4.90 Å². The molecule has 3 nitrogen and oxygen atoms in total. The molecule has 0 unspecified atom stereocenters. The van der Waals surface area contributed by atoms with Crippen LogP contribution in [0.4, 0.5) is 0 Å². The molecule has 1 aliphatic carbocycles. The Morgan fingerprint density at radius 2 is 1.93 bits per heavy atom. The van der Waals surface area contributed by atoms with Gasteiger partial charge in [0.1, 0.15) is 5.37 Å². The van der Waals surface area contributed by atoms with E-state index in [1.807, 2.05) is 29.2 Å². The van der Waals surface area contributed by atoms with Crippen LogP contribution >= 0.6 is 23.4 Å². The summed E-state index contributed by atoms with van der Waals surface area (Å²) in [6, 6.07) is 17.1. The van der Waals surface area contributed by atoms with Crippen LogP contribution in [0.25, 0.3) is 0 Å². The lowest BCUT2D eigenvalue weighted by Crippen LogP contribution is -2.40. The average molecular weight is 401 g/mol. The van der Waals surface area contributed by atoms with Gasteiger partial charge in [-0.2, -0.15) is 0 Å². The number of halogens is 1. The van der Waals surface area contributed by atoms with Crippen molar-refractivity contribution >= 4 is 29.3 Å². The Bertz CT molecular complexity index is 806. The average Bonchev–Trinajstić information content (AvgIpc) is 3.40. The van der Waals surface area contributed by atoms with Gasteiger partial charge in [-0.1, -0.05) is 59.6 Å². The maximum absolute atomic E-state index is 13.2. The molecule has 27 heavy (non-hydrogen) atoms. The number of aryl methyl sites for hydroxylation is 1. The first-order valence-electron chi connectivity index (χ1n) is 9.57. The van der Waals surface area contributed by atoms with Gasteiger partial charge in [0, 0.05) is 35.5 Å². The molecule has 4 rings (SSSR count). The van der Waals surface area contributed by atoms with Gasteiger partial charge in [0.05, 0.1) is 6.54 Å². The first-order chi connectivity index (χ1) is 13.1. The van der Waals surface area contributed by atoms with Crippen molar-refractivity contribution in [3.63, 3.8) is 0 Å². The van der Waals surface area contributed by atoms with Crippen LogP contribution in [-0.2, 0) is 11.3 Å². The van der Waals surface area contributed by atoms with Gasteiger partial charge in [0.2, 0.25) is 5.91 Å². The first-order valence-corrected chi connectivity index (χ1v) is 11.0. The first kappa shape index (κ1) is 18.9.